The van der Waals surface area contributed by atoms with Crippen LogP contribution in [-0.4, -0.2) is 138 Å². The number of alkyl carbamates (subject to hydrolysis) is 1. The summed E-state index contributed by atoms with van der Waals surface area (Å²) < 4.78 is 306. The third-order valence-electron chi connectivity index (χ3n) is 9.01. The summed E-state index contributed by atoms with van der Waals surface area (Å²) in [5.41, 5.74) is 1.55. The summed E-state index contributed by atoms with van der Waals surface area (Å²) in [6, 6.07) is 2.42. The van der Waals surface area contributed by atoms with Gasteiger partial charge < -0.3 is 31.1 Å². The summed E-state index contributed by atoms with van der Waals surface area (Å²) >= 11 is 0. The van der Waals surface area contributed by atoms with Gasteiger partial charge in [-0.2, -0.15) is 92.1 Å². The van der Waals surface area contributed by atoms with E-state index in [0.29, 0.717) is 5.56 Å². The molecule has 0 bridgehead atoms. The fourth-order valence-corrected chi connectivity index (χ4v) is 6.95. The summed E-state index contributed by atoms with van der Waals surface area (Å²) in [6.45, 7) is -7.34. The Kier molecular flexibility index (Phi) is 15.2. The SMILES string of the molecule is NC(=O)N1CCN(S(=O)(=O)C(F)(F)C(F)(F)C(F)(F)C(F)(F)C(F)(F)C(F)(F)C(F)(F)C(F)(F)F)CC1[C@@](CCCCNC(=O)OCc1ccccc1)(NC(=O)C(F)(F)F)C(=O)O. The van der Waals surface area contributed by atoms with Gasteiger partial charge >= 0.3 is 77.1 Å². The van der Waals surface area contributed by atoms with Crippen LogP contribution in [-0.2, 0) is 31.0 Å². The zero-order valence-corrected chi connectivity index (χ0v) is 31.2. The average Bonchev–Trinajstić information content (AvgIpc) is 3.14. The van der Waals surface area contributed by atoms with Crippen LogP contribution in [0.5, 0.6) is 0 Å². The van der Waals surface area contributed by atoms with Crippen molar-refractivity contribution in [2.45, 2.75) is 90.6 Å². The van der Waals surface area contributed by atoms with Gasteiger partial charge in [-0.25, -0.2) is 22.8 Å². The lowest BCUT2D eigenvalue weighted by Crippen LogP contribution is -2.76. The number of rotatable bonds is 18. The van der Waals surface area contributed by atoms with Crippen LogP contribution in [0.15, 0.2) is 30.3 Å². The Labute approximate surface area is 337 Å². The van der Waals surface area contributed by atoms with Crippen LogP contribution in [0.3, 0.4) is 0 Å². The quantitative estimate of drug-likeness (QED) is 0.103. The normalized spacial score (nSPS) is 18.0. The number of carboxylic acids is 1. The van der Waals surface area contributed by atoms with E-state index in [1.54, 1.807) is 18.2 Å². The molecule has 2 atom stereocenters. The first-order valence-electron chi connectivity index (χ1n) is 16.4. The Balaban J connectivity index is 2.63. The number of urea groups is 1. The van der Waals surface area contributed by atoms with Crippen LogP contribution in [0.4, 0.5) is 97.4 Å². The van der Waals surface area contributed by atoms with Crippen molar-refractivity contribution >= 4 is 34.0 Å². The van der Waals surface area contributed by atoms with E-state index in [0.717, 1.165) is 5.32 Å². The molecule has 0 spiro atoms. The maximum atomic E-state index is 15.2. The van der Waals surface area contributed by atoms with Gasteiger partial charge in [0.25, 0.3) is 10.0 Å². The summed E-state index contributed by atoms with van der Waals surface area (Å²) in [6.07, 6.45) is -18.4. The molecule has 5 N–H and O–H groups in total. The molecule has 1 saturated heterocycles. The maximum Gasteiger partial charge on any atom is 0.471 e. The highest BCUT2D eigenvalue weighted by molar-refractivity contribution is 7.90. The number of amides is 4. The Hall–Kier alpha value is -4.79. The van der Waals surface area contributed by atoms with E-state index in [2.05, 4.69) is 5.32 Å². The zero-order valence-electron chi connectivity index (χ0n) is 30.4. The van der Waals surface area contributed by atoms with Crippen molar-refractivity contribution in [1.29, 1.82) is 0 Å². The lowest BCUT2D eigenvalue weighted by Gasteiger charge is -2.49. The number of unbranched alkanes of at least 4 members (excludes halogenated alkanes) is 1. The second-order valence-corrected chi connectivity index (χ2v) is 15.0. The number of nitrogens with zero attached hydrogens (tertiary/aromatic N) is 2. The number of carboxylic acid groups (broad SMARTS) is 1. The lowest BCUT2D eigenvalue weighted by molar-refractivity contribution is -0.458. The third kappa shape index (κ3) is 9.54. The van der Waals surface area contributed by atoms with Crippen LogP contribution >= 0.6 is 0 Å². The molecular formula is C29H27F20N5O8S. The first-order valence-corrected chi connectivity index (χ1v) is 17.9. The minimum Gasteiger partial charge on any atom is -0.479 e. The standard InChI is InChI=1S/C29H27F20N5O8S/c30-21(31,32)16(55)52-20(17(56)57,8-4-5-9-51-19(59)62-13-14-6-2-1-3-7-14)15-12-53(10-11-54(15)18(50)58)63(60,61)29(48,49)27(43,44)25(39,40)23(35,36)22(33,34)24(37,38)26(41,42)28(45,46)47/h1-3,6-7,15H,4-5,8-13H2,(H2,50,58)(H,51,59)(H,52,55)(H,56,57)/t15?,20-/m1/s1. The van der Waals surface area contributed by atoms with E-state index in [-0.39, 0.29) is 11.5 Å². The molecule has 0 saturated carbocycles. The Morgan fingerprint density at radius 2 is 1.19 bits per heavy atom. The van der Waals surface area contributed by atoms with Gasteiger partial charge in [-0.15, -0.1) is 0 Å². The predicted molar refractivity (Wildman–Crippen MR) is 164 cm³/mol. The molecule has 1 fully saturated rings. The molecular weight excluding hydrogens is 958 g/mol. The number of halogens is 20. The van der Waals surface area contributed by atoms with E-state index in [9.17, 15) is 112 Å². The number of benzene rings is 1. The van der Waals surface area contributed by atoms with Gasteiger partial charge in [0.05, 0.1) is 6.04 Å². The number of sulfonamides is 1. The van der Waals surface area contributed by atoms with Crippen molar-refractivity contribution in [3.05, 3.63) is 35.9 Å². The minimum atomic E-state index is -9.21. The van der Waals surface area contributed by atoms with E-state index in [1.165, 1.54) is 12.1 Å². The first-order chi connectivity index (χ1) is 28.1. The number of nitrogens with two attached hydrogens (primary N) is 1. The van der Waals surface area contributed by atoms with Gasteiger partial charge in [0.15, 0.2) is 5.54 Å². The van der Waals surface area contributed by atoms with Gasteiger partial charge in [-0.05, 0) is 24.8 Å². The zero-order chi connectivity index (χ0) is 49.4. The molecule has 4 amide bonds. The Bertz CT molecular complexity index is 1950. The second-order valence-electron chi connectivity index (χ2n) is 13.0. The molecule has 0 radical (unpaired) electrons. The van der Waals surface area contributed by atoms with Gasteiger partial charge in [-0.1, -0.05) is 30.3 Å². The topological polar surface area (TPSA) is 188 Å². The molecule has 1 aliphatic rings. The van der Waals surface area contributed by atoms with E-state index in [1.807, 2.05) is 0 Å². The van der Waals surface area contributed by atoms with E-state index < -0.39 is 148 Å². The fraction of sp³-hybridized carbons (Fsp3) is 0.655. The minimum absolute atomic E-state index is 0.238. The molecule has 0 aliphatic carbocycles. The molecule has 1 unspecified atom stereocenters. The largest absolute Gasteiger partial charge is 0.479 e. The number of nitrogens with one attached hydrogen (secondary N) is 2. The molecule has 63 heavy (non-hydrogen) atoms. The number of hydrogen-bond donors (Lipinski definition) is 4. The van der Waals surface area contributed by atoms with Gasteiger partial charge in [0, 0.05) is 26.2 Å². The van der Waals surface area contributed by atoms with Gasteiger partial charge in [0.2, 0.25) is 0 Å². The highest BCUT2D eigenvalue weighted by Gasteiger charge is 2.96. The average molecular weight is 986 g/mol. The van der Waals surface area contributed by atoms with Crippen molar-refractivity contribution in [2.75, 3.05) is 26.2 Å². The molecule has 1 aromatic rings. The number of carbonyl (C=O) groups excluding carboxylic acids is 3. The Morgan fingerprint density at radius 1 is 0.714 bits per heavy atom. The monoisotopic (exact) mass is 985 g/mol. The molecule has 0 aromatic heterocycles. The molecule has 2 rings (SSSR count). The number of primary amides is 1. The van der Waals surface area contributed by atoms with Crippen molar-refractivity contribution in [3.63, 3.8) is 0 Å². The highest BCUT2D eigenvalue weighted by atomic mass is 32.2. The third-order valence-corrected chi connectivity index (χ3v) is 10.9. The lowest BCUT2D eigenvalue weighted by atomic mass is 9.82. The molecule has 34 heteroatoms. The van der Waals surface area contributed by atoms with Crippen molar-refractivity contribution in [1.82, 2.24) is 19.8 Å². The van der Waals surface area contributed by atoms with Crippen molar-refractivity contribution < 1.29 is 125 Å². The highest BCUT2D eigenvalue weighted by Crippen LogP contribution is 2.64. The first kappa shape index (κ1) is 54.3. The number of aliphatic carboxylic acids is 1. The molecule has 1 heterocycles. The molecule has 1 aromatic carbocycles. The van der Waals surface area contributed by atoms with Crippen molar-refractivity contribution in [3.8, 4) is 0 Å². The van der Waals surface area contributed by atoms with Crippen LogP contribution < -0.4 is 16.4 Å². The number of ether oxygens (including phenoxy) is 1. The smallest absolute Gasteiger partial charge is 0.471 e. The summed E-state index contributed by atoms with van der Waals surface area (Å²) in [5, 5.41) is 4.80. The molecule has 13 nitrogen and oxygen atoms in total. The van der Waals surface area contributed by atoms with Crippen LogP contribution in [0.2, 0.25) is 0 Å². The van der Waals surface area contributed by atoms with Crippen LogP contribution in [0, 0.1) is 0 Å². The number of carbonyl (C=O) groups is 4. The van der Waals surface area contributed by atoms with Crippen LogP contribution in [0.25, 0.3) is 0 Å². The number of piperazine rings is 1. The number of hydrogen-bond acceptors (Lipinski definition) is 7. The van der Waals surface area contributed by atoms with Gasteiger partial charge in [-0.3, -0.25) is 4.79 Å². The van der Waals surface area contributed by atoms with E-state index >= 15 is 8.78 Å². The van der Waals surface area contributed by atoms with Crippen molar-refractivity contribution in [2.24, 2.45) is 5.73 Å². The molecule has 1 aliphatic heterocycles. The summed E-state index contributed by atoms with van der Waals surface area (Å²) in [5.74, 6) is -59.8. The number of alkyl halides is 20. The van der Waals surface area contributed by atoms with Crippen LogP contribution in [0.1, 0.15) is 24.8 Å². The molecule has 362 valence electrons. The predicted octanol–water partition coefficient (Wildman–Crippen LogP) is 5.95. The van der Waals surface area contributed by atoms with Gasteiger partial charge in [0.1, 0.15) is 6.61 Å². The maximum absolute atomic E-state index is 15.2. The van der Waals surface area contributed by atoms with E-state index in [4.69, 9.17) is 10.5 Å². The fourth-order valence-electron chi connectivity index (χ4n) is 5.52. The summed E-state index contributed by atoms with van der Waals surface area (Å²) in [7, 11) is -8.18. The summed E-state index contributed by atoms with van der Waals surface area (Å²) in [4.78, 5) is 48.8. The second kappa shape index (κ2) is 17.6. The Morgan fingerprint density at radius 3 is 1.63 bits per heavy atom.